The molecule has 0 bridgehead atoms. The van der Waals surface area contributed by atoms with E-state index in [1.807, 2.05) is 0 Å². The van der Waals surface area contributed by atoms with Crippen molar-refractivity contribution >= 4 is 39.9 Å². The summed E-state index contributed by atoms with van der Waals surface area (Å²) >= 11 is 0.914. The highest BCUT2D eigenvalue weighted by molar-refractivity contribution is 7.17. The number of methoxy groups -OCH3 is 1. The van der Waals surface area contributed by atoms with Crippen molar-refractivity contribution in [3.8, 4) is 11.5 Å². The van der Waals surface area contributed by atoms with Gasteiger partial charge in [0.2, 0.25) is 0 Å². The Morgan fingerprint density at radius 3 is 2.54 bits per heavy atom. The molecule has 1 atom stereocenters. The number of aromatic hydroxyl groups is 1. The van der Waals surface area contributed by atoms with Crippen LogP contribution in [0.3, 0.4) is 0 Å². The van der Waals surface area contributed by atoms with E-state index in [1.165, 1.54) is 25.3 Å². The van der Waals surface area contributed by atoms with E-state index in [0.29, 0.717) is 16.8 Å². The molecular weight excluding hydrogens is 472 g/mol. The Morgan fingerprint density at radius 1 is 1.17 bits per heavy atom. The number of phenolic OH excluding ortho intramolecular Hbond substituents is 1. The number of Topliss-reactive ketones (excluding diaryl/α,β-unsaturated/α-hetero) is 1. The van der Waals surface area contributed by atoms with Crippen molar-refractivity contribution in [3.05, 3.63) is 75.8 Å². The van der Waals surface area contributed by atoms with Crippen LogP contribution in [-0.4, -0.2) is 46.6 Å². The van der Waals surface area contributed by atoms with Crippen molar-refractivity contribution in [1.29, 1.82) is 0 Å². The predicted molar refractivity (Wildman–Crippen MR) is 129 cm³/mol. The summed E-state index contributed by atoms with van der Waals surface area (Å²) in [6.07, 6.45) is 0. The Kier molecular flexibility index (Phi) is 6.57. The third-order valence-corrected chi connectivity index (χ3v) is 6.60. The summed E-state index contributed by atoms with van der Waals surface area (Å²) in [5.41, 5.74) is 0.931. The van der Waals surface area contributed by atoms with Crippen LogP contribution in [0, 0.1) is 6.92 Å². The Bertz CT molecular complexity index is 1350. The van der Waals surface area contributed by atoms with E-state index in [9.17, 15) is 24.6 Å². The molecule has 180 valence electrons. The zero-order chi connectivity index (χ0) is 25.3. The zero-order valence-electron chi connectivity index (χ0n) is 19.1. The molecule has 2 N–H and O–H groups in total. The van der Waals surface area contributed by atoms with E-state index < -0.39 is 23.7 Å². The van der Waals surface area contributed by atoms with Gasteiger partial charge in [0.05, 0.1) is 31.0 Å². The number of nitrogens with zero attached hydrogens (tertiary/aromatic N) is 2. The van der Waals surface area contributed by atoms with Crippen molar-refractivity contribution < 1.29 is 34.1 Å². The first kappa shape index (κ1) is 24.0. The van der Waals surface area contributed by atoms with Crippen molar-refractivity contribution in [2.75, 3.05) is 18.6 Å². The molecule has 0 aliphatic carbocycles. The molecule has 0 saturated carbocycles. The molecule has 1 aliphatic rings. The van der Waals surface area contributed by atoms with Gasteiger partial charge in [0.25, 0.3) is 5.78 Å². The highest BCUT2D eigenvalue weighted by Crippen LogP contribution is 2.45. The Hall–Kier alpha value is -4.18. The molecule has 1 aliphatic heterocycles. The number of esters is 1. The van der Waals surface area contributed by atoms with Crippen LogP contribution < -0.4 is 9.64 Å². The number of benzene rings is 2. The second-order valence-corrected chi connectivity index (χ2v) is 8.58. The smallest absolute Gasteiger partial charge is 0.350 e. The molecule has 1 saturated heterocycles. The van der Waals surface area contributed by atoms with Gasteiger partial charge in [0.15, 0.2) is 16.6 Å². The quantitative estimate of drug-likeness (QED) is 0.228. The van der Waals surface area contributed by atoms with Gasteiger partial charge in [0, 0.05) is 5.56 Å². The minimum Gasteiger partial charge on any atom is -0.507 e. The third-order valence-electron chi connectivity index (χ3n) is 5.46. The summed E-state index contributed by atoms with van der Waals surface area (Å²) in [5.74, 6) is -2.78. The molecule has 2 heterocycles. The number of aliphatic hydroxyl groups excluding tert-OH is 1. The van der Waals surface area contributed by atoms with Crippen LogP contribution in [0.4, 0.5) is 5.13 Å². The SMILES string of the molecule is CCOC(=O)c1sc(N2C(=O)C(=O)C(=C(O)c3ccccc3)C2c2ccc(O)c(OC)c2)nc1C. The molecule has 1 aromatic heterocycles. The topological polar surface area (TPSA) is 126 Å². The number of amides is 1. The minimum absolute atomic E-state index is 0.0943. The summed E-state index contributed by atoms with van der Waals surface area (Å²) < 4.78 is 10.3. The van der Waals surface area contributed by atoms with E-state index in [0.717, 1.165) is 16.2 Å². The van der Waals surface area contributed by atoms with E-state index in [1.54, 1.807) is 44.2 Å². The van der Waals surface area contributed by atoms with Crippen LogP contribution in [0.5, 0.6) is 11.5 Å². The molecule has 3 aromatic rings. The van der Waals surface area contributed by atoms with Crippen LogP contribution in [0.2, 0.25) is 0 Å². The van der Waals surface area contributed by atoms with Gasteiger partial charge >= 0.3 is 11.9 Å². The van der Waals surface area contributed by atoms with E-state index in [4.69, 9.17) is 9.47 Å². The lowest BCUT2D eigenvalue weighted by Crippen LogP contribution is -2.29. The fourth-order valence-corrected chi connectivity index (χ4v) is 4.82. The first-order valence-electron chi connectivity index (χ1n) is 10.7. The molecule has 1 fully saturated rings. The molecule has 35 heavy (non-hydrogen) atoms. The molecular formula is C25H22N2O7S. The number of aliphatic hydroxyl groups is 1. The number of ketones is 1. The van der Waals surface area contributed by atoms with Crippen molar-refractivity contribution in [1.82, 2.24) is 4.98 Å². The summed E-state index contributed by atoms with van der Waals surface area (Å²) in [4.78, 5) is 44.6. The van der Waals surface area contributed by atoms with Gasteiger partial charge in [-0.2, -0.15) is 0 Å². The maximum atomic E-state index is 13.3. The third kappa shape index (κ3) is 4.24. The van der Waals surface area contributed by atoms with Gasteiger partial charge in [-0.15, -0.1) is 0 Å². The fraction of sp³-hybridized carbons (Fsp3) is 0.200. The first-order chi connectivity index (χ1) is 16.8. The van der Waals surface area contributed by atoms with Gasteiger partial charge in [-0.1, -0.05) is 47.7 Å². The summed E-state index contributed by atoms with van der Waals surface area (Å²) in [6.45, 7) is 3.45. The highest BCUT2D eigenvalue weighted by atomic mass is 32.1. The van der Waals surface area contributed by atoms with Gasteiger partial charge in [-0.25, -0.2) is 9.78 Å². The van der Waals surface area contributed by atoms with Crippen LogP contribution in [0.15, 0.2) is 54.1 Å². The van der Waals surface area contributed by atoms with Crippen LogP contribution in [0.25, 0.3) is 5.76 Å². The summed E-state index contributed by atoms with van der Waals surface area (Å²) in [6, 6.07) is 11.6. The molecule has 0 radical (unpaired) electrons. The Balaban J connectivity index is 1.94. The van der Waals surface area contributed by atoms with E-state index in [2.05, 4.69) is 4.98 Å². The number of aromatic nitrogens is 1. The van der Waals surface area contributed by atoms with Gasteiger partial charge in [-0.3, -0.25) is 14.5 Å². The fourth-order valence-electron chi connectivity index (χ4n) is 3.83. The van der Waals surface area contributed by atoms with Crippen molar-refractivity contribution in [3.63, 3.8) is 0 Å². The standard InChI is InChI=1S/C25H22N2O7S/c1-4-34-24(32)22-13(2)26-25(35-22)27-19(15-10-11-16(28)17(12-15)33-3)18(21(30)23(27)31)20(29)14-8-6-5-7-9-14/h5-12,19,28-29H,4H2,1-3H3. The molecule has 1 amide bonds. The number of carbonyl (C=O) groups is 3. The monoisotopic (exact) mass is 494 g/mol. The van der Waals surface area contributed by atoms with Gasteiger partial charge in [0.1, 0.15) is 10.6 Å². The average Bonchev–Trinajstić information content (AvgIpc) is 3.36. The van der Waals surface area contributed by atoms with Gasteiger partial charge in [-0.05, 0) is 31.5 Å². The molecule has 2 aromatic carbocycles. The largest absolute Gasteiger partial charge is 0.507 e. The number of thiazole rings is 1. The minimum atomic E-state index is -1.09. The first-order valence-corrected chi connectivity index (χ1v) is 11.5. The van der Waals surface area contributed by atoms with Crippen LogP contribution in [-0.2, 0) is 14.3 Å². The zero-order valence-corrected chi connectivity index (χ0v) is 20.0. The number of hydrogen-bond acceptors (Lipinski definition) is 9. The van der Waals surface area contributed by atoms with Gasteiger partial charge < -0.3 is 19.7 Å². The lowest BCUT2D eigenvalue weighted by Gasteiger charge is -2.23. The highest BCUT2D eigenvalue weighted by Gasteiger charge is 2.48. The number of ether oxygens (including phenoxy) is 2. The van der Waals surface area contributed by atoms with E-state index in [-0.39, 0.29) is 39.4 Å². The maximum absolute atomic E-state index is 13.3. The molecule has 9 nitrogen and oxygen atoms in total. The van der Waals surface area contributed by atoms with Crippen molar-refractivity contribution in [2.24, 2.45) is 0 Å². The number of rotatable bonds is 6. The second-order valence-electron chi connectivity index (χ2n) is 7.60. The van der Waals surface area contributed by atoms with Crippen LogP contribution >= 0.6 is 11.3 Å². The number of carbonyl (C=O) groups excluding carboxylic acids is 3. The molecule has 4 rings (SSSR count). The molecule has 0 spiro atoms. The lowest BCUT2D eigenvalue weighted by molar-refractivity contribution is -0.132. The molecule has 1 unspecified atom stereocenters. The maximum Gasteiger partial charge on any atom is 0.350 e. The number of aryl methyl sites for hydroxylation is 1. The van der Waals surface area contributed by atoms with E-state index >= 15 is 0 Å². The number of anilines is 1. The van der Waals surface area contributed by atoms with Crippen LogP contribution in [0.1, 0.15) is 39.5 Å². The molecule has 10 heteroatoms. The average molecular weight is 495 g/mol. The summed E-state index contributed by atoms with van der Waals surface area (Å²) in [5, 5.41) is 21.3. The second kappa shape index (κ2) is 9.59. The van der Waals surface area contributed by atoms with Crippen molar-refractivity contribution in [2.45, 2.75) is 19.9 Å². The lowest BCUT2D eigenvalue weighted by atomic mass is 9.95. The Labute approximate surface area is 204 Å². The summed E-state index contributed by atoms with van der Waals surface area (Å²) in [7, 11) is 1.37. The number of phenols is 1. The predicted octanol–water partition coefficient (Wildman–Crippen LogP) is 3.97. The normalized spacial score (nSPS) is 17.0. The Morgan fingerprint density at radius 2 is 1.89 bits per heavy atom. The number of hydrogen-bond donors (Lipinski definition) is 2.